The van der Waals surface area contributed by atoms with Gasteiger partial charge >= 0.3 is 0 Å². The lowest BCUT2D eigenvalue weighted by Gasteiger charge is -2.28. The molecule has 3 aromatic carbocycles. The number of rotatable bonds is 11. The van der Waals surface area contributed by atoms with E-state index in [0.717, 1.165) is 29.1 Å². The Morgan fingerprint density at radius 1 is 1.00 bits per heavy atom. The molecule has 0 radical (unpaired) electrons. The number of anilines is 2. The van der Waals surface area contributed by atoms with Crippen LogP contribution in [0.4, 0.5) is 11.4 Å². The molecule has 8 nitrogen and oxygen atoms in total. The fourth-order valence-corrected chi connectivity index (χ4v) is 4.62. The van der Waals surface area contributed by atoms with E-state index in [4.69, 9.17) is 9.47 Å². The first kappa shape index (κ1) is 25.8. The van der Waals surface area contributed by atoms with E-state index in [1.165, 1.54) is 18.4 Å². The zero-order valence-electron chi connectivity index (χ0n) is 20.7. The first-order valence-corrected chi connectivity index (χ1v) is 13.7. The quantitative estimate of drug-likeness (QED) is 0.306. The molecule has 0 aliphatic carbocycles. The van der Waals surface area contributed by atoms with Gasteiger partial charge in [0.25, 0.3) is 0 Å². The Bertz CT molecular complexity index is 1280. The predicted octanol–water partition coefficient (Wildman–Crippen LogP) is 4.03. The van der Waals surface area contributed by atoms with Crippen LogP contribution in [0.1, 0.15) is 19.4 Å². The van der Waals surface area contributed by atoms with Crippen LogP contribution in [0.25, 0.3) is 0 Å². The molecular weight excluding hydrogens is 478 g/mol. The standard InChI is InChI=1S/C27H33N3O5S/c1-27(2,30-16-20(31)17-34-25-6-4-5-24-26(25)29-18-28-24)15-19-7-9-21(10-8-19)35-22-11-13-23(14-12-22)36(3,32)33/h4-14,20,28-31H,15-18H2,1-3H3/t20-/m0/s1. The molecule has 3 aromatic rings. The summed E-state index contributed by atoms with van der Waals surface area (Å²) < 4.78 is 34.9. The highest BCUT2D eigenvalue weighted by atomic mass is 32.2. The summed E-state index contributed by atoms with van der Waals surface area (Å²) >= 11 is 0. The van der Waals surface area contributed by atoms with Crippen molar-refractivity contribution in [3.05, 3.63) is 72.3 Å². The van der Waals surface area contributed by atoms with Crippen molar-refractivity contribution < 1.29 is 23.0 Å². The fraction of sp³-hybridized carbons (Fsp3) is 0.333. The van der Waals surface area contributed by atoms with E-state index in [1.807, 2.05) is 42.5 Å². The lowest BCUT2D eigenvalue weighted by atomic mass is 9.94. The molecule has 0 amide bonds. The summed E-state index contributed by atoms with van der Waals surface area (Å²) in [5.41, 5.74) is 2.81. The molecule has 1 atom stereocenters. The number of fused-ring (bicyclic) bond motifs is 1. The Hall–Kier alpha value is -3.27. The monoisotopic (exact) mass is 511 g/mol. The zero-order chi connectivity index (χ0) is 25.8. The SMILES string of the molecule is CC(C)(Cc1ccc(Oc2ccc(S(C)(=O)=O)cc2)cc1)NC[C@H](O)COc1cccc2c1NCN2. The zero-order valence-corrected chi connectivity index (χ0v) is 21.6. The molecule has 0 aromatic heterocycles. The van der Waals surface area contributed by atoms with E-state index in [2.05, 4.69) is 29.8 Å². The summed E-state index contributed by atoms with van der Waals surface area (Å²) in [4.78, 5) is 0.259. The third-order valence-corrected chi connectivity index (χ3v) is 7.00. The van der Waals surface area contributed by atoms with E-state index in [1.54, 1.807) is 12.1 Å². The Morgan fingerprint density at radius 2 is 1.67 bits per heavy atom. The van der Waals surface area contributed by atoms with Crippen molar-refractivity contribution in [1.29, 1.82) is 0 Å². The molecule has 192 valence electrons. The molecule has 1 aliphatic rings. The number of para-hydroxylation sites is 1. The third kappa shape index (κ3) is 6.90. The topological polar surface area (TPSA) is 109 Å². The molecule has 0 fully saturated rings. The Kier molecular flexibility index (Phi) is 7.73. The maximum atomic E-state index is 11.6. The number of hydrogen-bond donors (Lipinski definition) is 4. The minimum atomic E-state index is -3.23. The molecule has 1 heterocycles. The molecule has 1 aliphatic heterocycles. The van der Waals surface area contributed by atoms with Gasteiger partial charge in [0, 0.05) is 18.3 Å². The van der Waals surface area contributed by atoms with Crippen LogP contribution in [0.2, 0.25) is 0 Å². The first-order valence-electron chi connectivity index (χ1n) is 11.8. The van der Waals surface area contributed by atoms with Crippen molar-refractivity contribution in [2.75, 3.05) is 36.7 Å². The number of benzene rings is 3. The number of β-amino-alcohol motifs (C(OH)–C–C–N with tert-alkyl or cyclic N) is 1. The van der Waals surface area contributed by atoms with Gasteiger partial charge in [0.15, 0.2) is 9.84 Å². The summed E-state index contributed by atoms with van der Waals surface area (Å²) in [7, 11) is -3.23. The maximum absolute atomic E-state index is 11.6. The van der Waals surface area contributed by atoms with Crippen molar-refractivity contribution in [2.24, 2.45) is 0 Å². The van der Waals surface area contributed by atoms with Crippen LogP contribution in [-0.4, -0.2) is 51.2 Å². The second kappa shape index (κ2) is 10.8. The molecule has 9 heteroatoms. The van der Waals surface area contributed by atoms with E-state index in [-0.39, 0.29) is 17.0 Å². The highest BCUT2D eigenvalue weighted by Gasteiger charge is 2.20. The van der Waals surface area contributed by atoms with Crippen molar-refractivity contribution in [3.63, 3.8) is 0 Å². The Labute approximate surface area is 212 Å². The fourth-order valence-electron chi connectivity index (χ4n) is 3.99. The summed E-state index contributed by atoms with van der Waals surface area (Å²) in [6.07, 6.45) is 1.28. The van der Waals surface area contributed by atoms with Gasteiger partial charge in [-0.25, -0.2) is 8.42 Å². The van der Waals surface area contributed by atoms with Gasteiger partial charge in [-0.05, 0) is 74.4 Å². The highest BCUT2D eigenvalue weighted by molar-refractivity contribution is 7.90. The summed E-state index contributed by atoms with van der Waals surface area (Å²) in [6, 6.07) is 19.9. The lowest BCUT2D eigenvalue weighted by molar-refractivity contribution is 0.0992. The number of ether oxygens (including phenoxy) is 2. The molecule has 4 N–H and O–H groups in total. The molecule has 0 saturated carbocycles. The maximum Gasteiger partial charge on any atom is 0.175 e. The molecule has 0 unspecified atom stereocenters. The van der Waals surface area contributed by atoms with Crippen molar-refractivity contribution in [2.45, 2.75) is 36.8 Å². The van der Waals surface area contributed by atoms with Gasteiger partial charge in [-0.15, -0.1) is 0 Å². The Balaban J connectivity index is 1.24. The van der Waals surface area contributed by atoms with Gasteiger partial charge in [-0.3, -0.25) is 0 Å². The molecule has 36 heavy (non-hydrogen) atoms. The molecule has 0 bridgehead atoms. The number of aliphatic hydroxyl groups excluding tert-OH is 1. The predicted molar refractivity (Wildman–Crippen MR) is 142 cm³/mol. The van der Waals surface area contributed by atoms with E-state index >= 15 is 0 Å². The van der Waals surface area contributed by atoms with E-state index in [9.17, 15) is 13.5 Å². The van der Waals surface area contributed by atoms with Gasteiger partial charge in [0.2, 0.25) is 0 Å². The van der Waals surface area contributed by atoms with Crippen LogP contribution in [0.5, 0.6) is 17.2 Å². The largest absolute Gasteiger partial charge is 0.489 e. The van der Waals surface area contributed by atoms with Crippen LogP contribution >= 0.6 is 0 Å². The van der Waals surface area contributed by atoms with E-state index in [0.29, 0.717) is 24.7 Å². The van der Waals surface area contributed by atoms with Crippen LogP contribution in [0, 0.1) is 0 Å². The minimum Gasteiger partial charge on any atom is -0.489 e. The highest BCUT2D eigenvalue weighted by Crippen LogP contribution is 2.35. The smallest absolute Gasteiger partial charge is 0.175 e. The average molecular weight is 512 g/mol. The van der Waals surface area contributed by atoms with Gasteiger partial charge in [-0.1, -0.05) is 18.2 Å². The number of hydrogen-bond acceptors (Lipinski definition) is 8. The van der Waals surface area contributed by atoms with Crippen molar-refractivity contribution >= 4 is 21.2 Å². The molecular formula is C27H33N3O5S. The van der Waals surface area contributed by atoms with Gasteiger partial charge in [-0.2, -0.15) is 0 Å². The lowest BCUT2D eigenvalue weighted by Crippen LogP contribution is -2.46. The first-order chi connectivity index (χ1) is 17.1. The minimum absolute atomic E-state index is 0.193. The summed E-state index contributed by atoms with van der Waals surface area (Å²) in [6.45, 7) is 5.44. The number of nitrogens with one attached hydrogen (secondary N) is 3. The van der Waals surface area contributed by atoms with Crippen LogP contribution in [-0.2, 0) is 16.3 Å². The molecule has 0 spiro atoms. The summed E-state index contributed by atoms with van der Waals surface area (Å²) in [5, 5.41) is 20.3. The number of aliphatic hydroxyl groups is 1. The van der Waals surface area contributed by atoms with Crippen LogP contribution < -0.4 is 25.4 Å². The van der Waals surface area contributed by atoms with Crippen LogP contribution in [0.15, 0.2) is 71.6 Å². The normalized spacial score (nSPS) is 13.9. The van der Waals surface area contributed by atoms with Crippen LogP contribution in [0.3, 0.4) is 0 Å². The second-order valence-corrected chi connectivity index (χ2v) is 11.6. The molecule has 0 saturated heterocycles. The second-order valence-electron chi connectivity index (χ2n) is 9.61. The van der Waals surface area contributed by atoms with Crippen molar-refractivity contribution in [3.8, 4) is 17.2 Å². The van der Waals surface area contributed by atoms with E-state index < -0.39 is 15.9 Å². The van der Waals surface area contributed by atoms with Crippen molar-refractivity contribution in [1.82, 2.24) is 5.32 Å². The summed E-state index contributed by atoms with van der Waals surface area (Å²) in [5.74, 6) is 1.96. The third-order valence-electron chi connectivity index (χ3n) is 5.87. The number of sulfone groups is 1. The molecule has 4 rings (SSSR count). The van der Waals surface area contributed by atoms with Gasteiger partial charge < -0.3 is 30.5 Å². The average Bonchev–Trinajstić information content (AvgIpc) is 3.32. The van der Waals surface area contributed by atoms with Gasteiger partial charge in [0.1, 0.15) is 35.6 Å². The van der Waals surface area contributed by atoms with Gasteiger partial charge in [0.05, 0.1) is 17.3 Å². The Morgan fingerprint density at radius 3 is 2.33 bits per heavy atom.